The van der Waals surface area contributed by atoms with Gasteiger partial charge in [0, 0.05) is 12.2 Å². The van der Waals surface area contributed by atoms with Crippen LogP contribution in [0.3, 0.4) is 0 Å². The molecule has 1 atom stereocenters. The Morgan fingerprint density at radius 1 is 1.58 bits per heavy atom. The Morgan fingerprint density at radius 2 is 2.26 bits per heavy atom. The number of methoxy groups -OCH3 is 1. The lowest BCUT2D eigenvalue weighted by Crippen LogP contribution is -2.15. The number of carbonyl (C=O) groups is 1. The van der Waals surface area contributed by atoms with Crippen molar-refractivity contribution in [2.45, 2.75) is 6.92 Å². The summed E-state index contributed by atoms with van der Waals surface area (Å²) in [5.41, 5.74) is 6.11. The largest absolute Gasteiger partial charge is 0.465 e. The zero-order chi connectivity index (χ0) is 14.4. The van der Waals surface area contributed by atoms with Crippen molar-refractivity contribution in [2.75, 3.05) is 36.7 Å². The van der Waals surface area contributed by atoms with Crippen molar-refractivity contribution in [1.29, 1.82) is 0 Å². The summed E-state index contributed by atoms with van der Waals surface area (Å²) in [6.07, 6.45) is 2.02. The fourth-order valence-electron chi connectivity index (χ4n) is 1.64. The highest BCUT2D eigenvalue weighted by Gasteiger charge is 2.15. The molecule has 106 valence electrons. The molecule has 1 rings (SSSR count). The molecule has 19 heavy (non-hydrogen) atoms. The molecule has 0 radical (unpaired) electrons. The van der Waals surface area contributed by atoms with E-state index in [1.165, 1.54) is 13.2 Å². The van der Waals surface area contributed by atoms with Crippen molar-refractivity contribution < 1.29 is 13.9 Å². The van der Waals surface area contributed by atoms with Gasteiger partial charge >= 0.3 is 5.97 Å². The van der Waals surface area contributed by atoms with Gasteiger partial charge in [-0.2, -0.15) is 11.8 Å². The number of benzene rings is 1. The quantitative estimate of drug-likeness (QED) is 0.621. The second-order valence-corrected chi connectivity index (χ2v) is 5.26. The molecule has 0 saturated heterocycles. The van der Waals surface area contributed by atoms with Crippen LogP contribution in [0.2, 0.25) is 0 Å². The number of nitrogen functional groups attached to an aromatic ring is 1. The van der Waals surface area contributed by atoms with E-state index in [-0.39, 0.29) is 16.9 Å². The zero-order valence-corrected chi connectivity index (χ0v) is 12.1. The minimum Gasteiger partial charge on any atom is -0.465 e. The Bertz CT molecular complexity index is 455. The fourth-order valence-corrected chi connectivity index (χ4v) is 2.33. The Morgan fingerprint density at radius 3 is 2.84 bits per heavy atom. The maximum atomic E-state index is 13.7. The average molecular weight is 286 g/mol. The number of rotatable bonds is 6. The fraction of sp³-hybridized carbons (Fsp3) is 0.462. The number of carbonyl (C=O) groups excluding carboxylic acids is 1. The molecule has 4 nitrogen and oxygen atoms in total. The first kappa shape index (κ1) is 15.6. The molecule has 0 aliphatic carbocycles. The second kappa shape index (κ2) is 7.23. The summed E-state index contributed by atoms with van der Waals surface area (Å²) in [5.74, 6) is 0.334. The number of nitrogens with two attached hydrogens (primary N) is 1. The highest BCUT2D eigenvalue weighted by atomic mass is 32.2. The van der Waals surface area contributed by atoms with Gasteiger partial charge in [-0.1, -0.05) is 6.92 Å². The minimum atomic E-state index is -0.572. The molecule has 0 aromatic heterocycles. The van der Waals surface area contributed by atoms with E-state index >= 15 is 0 Å². The molecule has 1 unspecified atom stereocenters. The summed E-state index contributed by atoms with van der Waals surface area (Å²) in [5, 5.41) is 2.99. The Hall–Kier alpha value is -1.43. The van der Waals surface area contributed by atoms with Crippen LogP contribution < -0.4 is 11.1 Å². The van der Waals surface area contributed by atoms with Gasteiger partial charge in [0.15, 0.2) is 0 Å². The third-order valence-electron chi connectivity index (χ3n) is 2.64. The monoisotopic (exact) mass is 286 g/mol. The molecule has 0 amide bonds. The number of halogens is 1. The molecule has 1 aromatic rings. The SMILES string of the molecule is COC(=O)c1cc(NCC(C)CSC)c(F)cc1N. The highest BCUT2D eigenvalue weighted by molar-refractivity contribution is 7.98. The van der Waals surface area contributed by atoms with Gasteiger partial charge in [-0.05, 0) is 30.1 Å². The highest BCUT2D eigenvalue weighted by Crippen LogP contribution is 2.23. The van der Waals surface area contributed by atoms with Gasteiger partial charge in [0.1, 0.15) is 5.82 Å². The van der Waals surface area contributed by atoms with Crippen molar-refractivity contribution in [3.8, 4) is 0 Å². The van der Waals surface area contributed by atoms with Crippen molar-refractivity contribution in [3.63, 3.8) is 0 Å². The first-order valence-electron chi connectivity index (χ1n) is 5.89. The van der Waals surface area contributed by atoms with Crippen molar-refractivity contribution in [3.05, 3.63) is 23.5 Å². The van der Waals surface area contributed by atoms with Gasteiger partial charge in [-0.25, -0.2) is 9.18 Å². The Labute approximate surface area is 116 Å². The van der Waals surface area contributed by atoms with E-state index in [9.17, 15) is 9.18 Å². The first-order chi connectivity index (χ1) is 8.99. The second-order valence-electron chi connectivity index (χ2n) is 4.35. The van der Waals surface area contributed by atoms with Crippen LogP contribution in [0.1, 0.15) is 17.3 Å². The predicted molar refractivity (Wildman–Crippen MR) is 78.2 cm³/mol. The number of anilines is 2. The van der Waals surface area contributed by atoms with Crippen molar-refractivity contribution in [1.82, 2.24) is 0 Å². The summed E-state index contributed by atoms with van der Waals surface area (Å²) < 4.78 is 18.3. The Balaban J connectivity index is 2.86. The number of hydrogen-bond acceptors (Lipinski definition) is 5. The number of esters is 1. The minimum absolute atomic E-state index is 0.0760. The number of nitrogens with one attached hydrogen (secondary N) is 1. The molecule has 0 fully saturated rings. The van der Waals surface area contributed by atoms with Gasteiger partial charge in [0.2, 0.25) is 0 Å². The van der Waals surface area contributed by atoms with E-state index in [0.29, 0.717) is 12.5 Å². The zero-order valence-electron chi connectivity index (χ0n) is 11.3. The first-order valence-corrected chi connectivity index (χ1v) is 7.29. The number of hydrogen-bond donors (Lipinski definition) is 2. The summed E-state index contributed by atoms with van der Waals surface area (Å²) >= 11 is 1.74. The van der Waals surface area contributed by atoms with Crippen LogP contribution >= 0.6 is 11.8 Å². The molecule has 0 heterocycles. The molecule has 0 spiro atoms. The average Bonchev–Trinajstić information content (AvgIpc) is 2.37. The van der Waals surface area contributed by atoms with Gasteiger partial charge in [-0.15, -0.1) is 0 Å². The van der Waals surface area contributed by atoms with Crippen molar-refractivity contribution in [2.24, 2.45) is 5.92 Å². The lowest BCUT2D eigenvalue weighted by Gasteiger charge is -2.14. The van der Waals surface area contributed by atoms with Crippen LogP contribution in [0.15, 0.2) is 12.1 Å². The molecule has 1 aromatic carbocycles. The van der Waals surface area contributed by atoms with Crippen LogP contribution in [0.25, 0.3) is 0 Å². The van der Waals surface area contributed by atoms with Crippen LogP contribution in [0.5, 0.6) is 0 Å². The summed E-state index contributed by atoms with van der Waals surface area (Å²) in [7, 11) is 1.26. The van der Waals surface area contributed by atoms with Gasteiger partial charge < -0.3 is 15.8 Å². The maximum absolute atomic E-state index is 13.7. The van der Waals surface area contributed by atoms with E-state index in [1.807, 2.05) is 6.26 Å². The summed E-state index contributed by atoms with van der Waals surface area (Å²) in [4.78, 5) is 11.5. The van der Waals surface area contributed by atoms with Gasteiger partial charge in [-0.3, -0.25) is 0 Å². The maximum Gasteiger partial charge on any atom is 0.340 e. The number of ether oxygens (including phenoxy) is 1. The van der Waals surface area contributed by atoms with E-state index in [2.05, 4.69) is 17.0 Å². The van der Waals surface area contributed by atoms with Crippen LogP contribution in [-0.4, -0.2) is 31.6 Å². The molecule has 0 aliphatic heterocycles. The van der Waals surface area contributed by atoms with Crippen LogP contribution in [-0.2, 0) is 4.74 Å². The summed E-state index contributed by atoms with van der Waals surface area (Å²) in [6.45, 7) is 2.70. The van der Waals surface area contributed by atoms with E-state index in [1.54, 1.807) is 11.8 Å². The lowest BCUT2D eigenvalue weighted by atomic mass is 10.1. The third kappa shape index (κ3) is 4.31. The standard InChI is InChI=1S/C13H19FN2O2S/c1-8(7-19-3)6-16-12-4-9(13(17)18-2)11(15)5-10(12)14/h4-5,8,16H,6-7,15H2,1-3H3. The van der Waals surface area contributed by atoms with Crippen LogP contribution in [0, 0.1) is 11.7 Å². The third-order valence-corrected chi connectivity index (χ3v) is 3.54. The van der Waals surface area contributed by atoms with E-state index in [0.717, 1.165) is 11.8 Å². The van der Waals surface area contributed by atoms with Gasteiger partial charge in [0.05, 0.1) is 18.4 Å². The van der Waals surface area contributed by atoms with E-state index < -0.39 is 11.8 Å². The molecule has 0 saturated carbocycles. The van der Waals surface area contributed by atoms with Crippen molar-refractivity contribution >= 4 is 29.1 Å². The molecular formula is C13H19FN2O2S. The Kier molecular flexibility index (Phi) is 5.95. The predicted octanol–water partition coefficient (Wildman–Crippen LogP) is 2.61. The lowest BCUT2D eigenvalue weighted by molar-refractivity contribution is 0.0602. The molecule has 0 aliphatic rings. The topological polar surface area (TPSA) is 64.3 Å². The van der Waals surface area contributed by atoms with Gasteiger partial charge in [0.25, 0.3) is 0 Å². The summed E-state index contributed by atoms with van der Waals surface area (Å²) in [6, 6.07) is 2.52. The molecule has 6 heteroatoms. The molecule has 0 bridgehead atoms. The smallest absolute Gasteiger partial charge is 0.340 e. The van der Waals surface area contributed by atoms with E-state index in [4.69, 9.17) is 5.73 Å². The normalized spacial score (nSPS) is 12.0. The molecule has 3 N–H and O–H groups in total. The number of thioether (sulfide) groups is 1. The van der Waals surface area contributed by atoms with Crippen LogP contribution in [0.4, 0.5) is 15.8 Å². The molecular weight excluding hydrogens is 267 g/mol.